The molecule has 8 heteroatoms. The highest BCUT2D eigenvalue weighted by Crippen LogP contribution is 2.39. The Morgan fingerprint density at radius 1 is 1.19 bits per heavy atom. The summed E-state index contributed by atoms with van der Waals surface area (Å²) in [4.78, 5) is 22.3. The molecule has 0 bridgehead atoms. The summed E-state index contributed by atoms with van der Waals surface area (Å²) in [5.74, 6) is 1.18. The van der Waals surface area contributed by atoms with Crippen LogP contribution in [0.2, 0.25) is 0 Å². The number of benzene rings is 1. The smallest absolute Gasteiger partial charge is 0.182 e. The van der Waals surface area contributed by atoms with Crippen molar-refractivity contribution in [3.63, 3.8) is 0 Å². The minimum atomic E-state index is -0.0816. The fraction of sp³-hybridized carbons (Fsp3) is 0.292. The number of carbonyl (C=O) groups excluding carboxylic acids is 1. The number of pyridine rings is 1. The van der Waals surface area contributed by atoms with E-state index in [2.05, 4.69) is 34.0 Å². The Hall–Kier alpha value is -3.81. The molecule has 0 saturated heterocycles. The fourth-order valence-corrected chi connectivity index (χ4v) is 3.78. The van der Waals surface area contributed by atoms with Gasteiger partial charge in [-0.1, -0.05) is 6.07 Å². The number of nitrogens with two attached hydrogens (primary N) is 1. The van der Waals surface area contributed by atoms with Crippen LogP contribution in [0.5, 0.6) is 0 Å². The second-order valence-corrected chi connectivity index (χ2v) is 8.52. The van der Waals surface area contributed by atoms with Crippen molar-refractivity contribution in [2.24, 2.45) is 0 Å². The molecule has 0 radical (unpaired) electrons. The Bertz CT molecular complexity index is 1280. The minimum Gasteiger partial charge on any atom is -0.398 e. The molecule has 3 heterocycles. The molecule has 0 amide bonds. The van der Waals surface area contributed by atoms with Gasteiger partial charge in [-0.25, -0.2) is 9.97 Å². The second kappa shape index (κ2) is 8.03. The normalized spacial score (nSPS) is 13.6. The summed E-state index contributed by atoms with van der Waals surface area (Å²) >= 11 is 0. The molecule has 0 atom stereocenters. The van der Waals surface area contributed by atoms with Crippen molar-refractivity contribution in [2.75, 3.05) is 5.73 Å². The third-order valence-corrected chi connectivity index (χ3v) is 5.74. The molecular weight excluding hydrogens is 402 g/mol. The fourth-order valence-electron chi connectivity index (χ4n) is 3.78. The van der Waals surface area contributed by atoms with E-state index in [-0.39, 0.29) is 18.2 Å². The number of rotatable bonds is 7. The molecule has 0 aliphatic heterocycles. The number of Topliss-reactive ketones (excluding diaryl/α,β-unsaturated/α-hetero) is 1. The molecule has 0 unspecified atom stereocenters. The summed E-state index contributed by atoms with van der Waals surface area (Å²) in [6.45, 7) is 4.12. The Morgan fingerprint density at radius 3 is 2.81 bits per heavy atom. The zero-order valence-electron chi connectivity index (χ0n) is 18.1. The van der Waals surface area contributed by atoms with Gasteiger partial charge in [0.25, 0.3) is 0 Å². The number of nitrogens with zero attached hydrogens (tertiary/aromatic N) is 6. The molecule has 1 saturated carbocycles. The lowest BCUT2D eigenvalue weighted by Gasteiger charge is -2.11. The van der Waals surface area contributed by atoms with Gasteiger partial charge in [0.2, 0.25) is 0 Å². The predicted molar refractivity (Wildman–Crippen MR) is 122 cm³/mol. The summed E-state index contributed by atoms with van der Waals surface area (Å²) in [6.07, 6.45) is 8.06. The number of anilines is 1. The highest BCUT2D eigenvalue weighted by atomic mass is 16.1. The Labute approximate surface area is 186 Å². The molecule has 0 spiro atoms. The Kier molecular flexibility index (Phi) is 5.05. The quantitative estimate of drug-likeness (QED) is 0.353. The van der Waals surface area contributed by atoms with E-state index in [0.717, 1.165) is 11.4 Å². The van der Waals surface area contributed by atoms with Crippen LogP contribution in [0.15, 0.2) is 55.2 Å². The molecule has 2 N–H and O–H groups in total. The number of hydrogen-bond acceptors (Lipinski definition) is 6. The van der Waals surface area contributed by atoms with Crippen molar-refractivity contribution in [1.29, 1.82) is 0 Å². The van der Waals surface area contributed by atoms with E-state index in [9.17, 15) is 4.79 Å². The molecule has 5 rings (SSSR count). The van der Waals surface area contributed by atoms with Gasteiger partial charge in [-0.2, -0.15) is 0 Å². The molecule has 1 fully saturated rings. The van der Waals surface area contributed by atoms with Crippen molar-refractivity contribution in [1.82, 2.24) is 29.3 Å². The summed E-state index contributed by atoms with van der Waals surface area (Å²) in [6, 6.07) is 11.3. The van der Waals surface area contributed by atoms with Crippen LogP contribution < -0.4 is 5.73 Å². The molecule has 1 aromatic carbocycles. The number of carbonyl (C=O) groups is 1. The Balaban J connectivity index is 1.39. The number of nitrogen functional groups attached to an aromatic ring is 1. The van der Waals surface area contributed by atoms with Gasteiger partial charge in [-0.15, -0.1) is 10.2 Å². The summed E-state index contributed by atoms with van der Waals surface area (Å²) in [5, 5.41) is 8.21. The van der Waals surface area contributed by atoms with E-state index in [1.807, 2.05) is 45.7 Å². The molecule has 32 heavy (non-hydrogen) atoms. The van der Waals surface area contributed by atoms with Crippen molar-refractivity contribution >= 4 is 11.5 Å². The van der Waals surface area contributed by atoms with Gasteiger partial charge in [0, 0.05) is 40.8 Å². The molecule has 162 valence electrons. The SMILES string of the molecule is CC(C)n1cnnc1-c1cccc(CC(=O)c2cc(-n3cnc(C4CC4)c3)ccc2N)n1. The summed E-state index contributed by atoms with van der Waals surface area (Å²) in [5.41, 5.74) is 10.4. The largest absolute Gasteiger partial charge is 0.398 e. The van der Waals surface area contributed by atoms with Crippen LogP contribution in [-0.2, 0) is 6.42 Å². The molecule has 8 nitrogen and oxygen atoms in total. The standard InChI is InChI=1S/C24H25N7O/c1-15(2)31-14-27-29-24(31)21-5-3-4-17(28-21)10-23(32)19-11-18(8-9-20(19)25)30-12-22(26-13-30)16-6-7-16/h3-5,8-9,11-16H,6-7,10,25H2,1-2H3. The van der Waals surface area contributed by atoms with Crippen LogP contribution in [-0.4, -0.2) is 35.1 Å². The van der Waals surface area contributed by atoms with E-state index >= 15 is 0 Å². The van der Waals surface area contributed by atoms with Crippen LogP contribution in [0.25, 0.3) is 17.2 Å². The number of hydrogen-bond donors (Lipinski definition) is 1. The van der Waals surface area contributed by atoms with E-state index in [4.69, 9.17) is 5.73 Å². The maximum Gasteiger partial charge on any atom is 0.182 e. The van der Waals surface area contributed by atoms with E-state index in [1.54, 1.807) is 18.7 Å². The Morgan fingerprint density at radius 2 is 2.03 bits per heavy atom. The monoisotopic (exact) mass is 427 g/mol. The maximum absolute atomic E-state index is 13.1. The van der Waals surface area contributed by atoms with Gasteiger partial charge in [-0.3, -0.25) is 4.79 Å². The van der Waals surface area contributed by atoms with Crippen molar-refractivity contribution in [3.05, 3.63) is 72.2 Å². The second-order valence-electron chi connectivity index (χ2n) is 8.52. The van der Waals surface area contributed by atoms with Gasteiger partial charge in [0.15, 0.2) is 11.6 Å². The molecule has 3 aromatic heterocycles. The van der Waals surface area contributed by atoms with Gasteiger partial charge >= 0.3 is 0 Å². The first kappa shape index (κ1) is 20.1. The zero-order chi connectivity index (χ0) is 22.2. The first-order valence-corrected chi connectivity index (χ1v) is 10.8. The van der Waals surface area contributed by atoms with Crippen LogP contribution in [0, 0.1) is 0 Å². The molecule has 4 aromatic rings. The average Bonchev–Trinajstić information content (AvgIpc) is 3.30. The highest BCUT2D eigenvalue weighted by molar-refractivity contribution is 6.02. The molecule has 1 aliphatic carbocycles. The number of ketones is 1. The van der Waals surface area contributed by atoms with Crippen molar-refractivity contribution < 1.29 is 4.79 Å². The topological polar surface area (TPSA) is 105 Å². The van der Waals surface area contributed by atoms with Crippen LogP contribution in [0.4, 0.5) is 5.69 Å². The lowest BCUT2D eigenvalue weighted by atomic mass is 10.0. The zero-order valence-corrected chi connectivity index (χ0v) is 18.1. The van der Waals surface area contributed by atoms with Crippen LogP contribution in [0.1, 0.15) is 60.4 Å². The third-order valence-electron chi connectivity index (χ3n) is 5.74. The molecular formula is C24H25N7O. The van der Waals surface area contributed by atoms with E-state index < -0.39 is 0 Å². The van der Waals surface area contributed by atoms with Crippen molar-refractivity contribution in [2.45, 2.75) is 45.1 Å². The summed E-state index contributed by atoms with van der Waals surface area (Å²) < 4.78 is 3.90. The first-order valence-electron chi connectivity index (χ1n) is 10.8. The van der Waals surface area contributed by atoms with Gasteiger partial charge in [0.05, 0.1) is 18.4 Å². The van der Waals surface area contributed by atoms with E-state index in [1.165, 1.54) is 12.8 Å². The van der Waals surface area contributed by atoms with Gasteiger partial charge < -0.3 is 14.9 Å². The predicted octanol–water partition coefficient (Wildman–Crippen LogP) is 3.99. The highest BCUT2D eigenvalue weighted by Gasteiger charge is 2.26. The maximum atomic E-state index is 13.1. The van der Waals surface area contributed by atoms with Gasteiger partial charge in [0.1, 0.15) is 12.0 Å². The van der Waals surface area contributed by atoms with Crippen LogP contribution >= 0.6 is 0 Å². The van der Waals surface area contributed by atoms with Crippen LogP contribution in [0.3, 0.4) is 0 Å². The summed E-state index contributed by atoms with van der Waals surface area (Å²) in [7, 11) is 0. The number of imidazole rings is 1. The number of aromatic nitrogens is 6. The van der Waals surface area contributed by atoms with Gasteiger partial charge in [-0.05, 0) is 57.0 Å². The minimum absolute atomic E-state index is 0.0816. The average molecular weight is 428 g/mol. The lowest BCUT2D eigenvalue weighted by Crippen LogP contribution is -2.10. The van der Waals surface area contributed by atoms with E-state index in [0.29, 0.717) is 34.4 Å². The van der Waals surface area contributed by atoms with Crippen molar-refractivity contribution in [3.8, 4) is 17.2 Å². The molecule has 1 aliphatic rings. The third kappa shape index (κ3) is 3.91. The first-order chi connectivity index (χ1) is 15.5. The lowest BCUT2D eigenvalue weighted by molar-refractivity contribution is 0.0993.